The third kappa shape index (κ3) is 3.14. The Balaban J connectivity index is 2.96. The fourth-order valence-corrected chi connectivity index (χ4v) is 1.05. The lowest BCUT2D eigenvalue weighted by Gasteiger charge is -2.05. The Kier molecular flexibility index (Phi) is 3.69. The minimum Gasteiger partial charge on any atom is -0.244 e. The maximum Gasteiger partial charge on any atom is 0.433 e. The second kappa shape index (κ2) is 4.59. The standard InChI is InChI=1S/C9H7BrF3N/c10-6-2-4-7-3-1-5-8(14-7)9(11,12)13/h1-5H,6H2. The van der Waals surface area contributed by atoms with Crippen molar-refractivity contribution in [2.45, 2.75) is 6.18 Å². The Hall–Kier alpha value is -0.840. The van der Waals surface area contributed by atoms with Crippen LogP contribution in [0.3, 0.4) is 0 Å². The first-order valence-corrected chi connectivity index (χ1v) is 4.93. The second-order valence-electron chi connectivity index (χ2n) is 2.50. The fraction of sp³-hybridized carbons (Fsp3) is 0.222. The maximum absolute atomic E-state index is 12.2. The molecule has 0 N–H and O–H groups in total. The van der Waals surface area contributed by atoms with Gasteiger partial charge in [-0.15, -0.1) is 0 Å². The van der Waals surface area contributed by atoms with Gasteiger partial charge in [-0.3, -0.25) is 0 Å². The summed E-state index contributed by atoms with van der Waals surface area (Å²) in [6.07, 6.45) is -1.16. The van der Waals surface area contributed by atoms with Crippen LogP contribution in [0.5, 0.6) is 0 Å². The maximum atomic E-state index is 12.2. The molecule has 0 aliphatic rings. The molecule has 0 amide bonds. The van der Waals surface area contributed by atoms with Crippen LogP contribution in [0.2, 0.25) is 0 Å². The number of halogens is 4. The first kappa shape index (κ1) is 11.2. The van der Waals surface area contributed by atoms with Crippen molar-refractivity contribution in [3.8, 4) is 0 Å². The van der Waals surface area contributed by atoms with Crippen LogP contribution in [0, 0.1) is 0 Å². The first-order valence-electron chi connectivity index (χ1n) is 3.81. The third-order valence-corrected chi connectivity index (χ3v) is 1.81. The minimum absolute atomic E-state index is 0.305. The van der Waals surface area contributed by atoms with Gasteiger partial charge >= 0.3 is 6.18 Å². The van der Waals surface area contributed by atoms with E-state index in [4.69, 9.17) is 0 Å². The van der Waals surface area contributed by atoms with E-state index in [1.54, 1.807) is 6.08 Å². The van der Waals surface area contributed by atoms with E-state index < -0.39 is 11.9 Å². The molecule has 1 aromatic rings. The van der Waals surface area contributed by atoms with Gasteiger partial charge in [0.2, 0.25) is 0 Å². The smallest absolute Gasteiger partial charge is 0.244 e. The molecule has 0 saturated heterocycles. The van der Waals surface area contributed by atoms with Crippen molar-refractivity contribution in [1.29, 1.82) is 0 Å². The molecule has 0 fully saturated rings. The summed E-state index contributed by atoms with van der Waals surface area (Å²) in [4.78, 5) is 3.45. The summed E-state index contributed by atoms with van der Waals surface area (Å²) in [6.45, 7) is 0. The van der Waals surface area contributed by atoms with E-state index in [-0.39, 0.29) is 0 Å². The summed E-state index contributed by atoms with van der Waals surface area (Å²) in [7, 11) is 0. The quantitative estimate of drug-likeness (QED) is 0.746. The highest BCUT2D eigenvalue weighted by molar-refractivity contribution is 9.09. The number of alkyl halides is 4. The Labute approximate surface area is 87.8 Å². The molecule has 14 heavy (non-hydrogen) atoms. The number of allylic oxidation sites excluding steroid dienone is 1. The van der Waals surface area contributed by atoms with Gasteiger partial charge in [-0.2, -0.15) is 13.2 Å². The monoisotopic (exact) mass is 265 g/mol. The van der Waals surface area contributed by atoms with Crippen LogP contribution in [-0.4, -0.2) is 10.3 Å². The predicted octanol–water partition coefficient (Wildman–Crippen LogP) is 3.51. The molecule has 1 nitrogen and oxygen atoms in total. The number of aromatic nitrogens is 1. The van der Waals surface area contributed by atoms with Crippen LogP contribution in [0.15, 0.2) is 24.3 Å². The van der Waals surface area contributed by atoms with Crippen LogP contribution < -0.4 is 0 Å². The molecular formula is C9H7BrF3N. The Morgan fingerprint density at radius 3 is 2.64 bits per heavy atom. The molecule has 0 atom stereocenters. The number of pyridine rings is 1. The molecule has 0 aliphatic heterocycles. The van der Waals surface area contributed by atoms with Crippen molar-refractivity contribution in [2.24, 2.45) is 0 Å². The van der Waals surface area contributed by atoms with E-state index in [2.05, 4.69) is 20.9 Å². The summed E-state index contributed by atoms with van der Waals surface area (Å²) in [5.41, 5.74) is -0.562. The highest BCUT2D eigenvalue weighted by Crippen LogP contribution is 2.27. The summed E-state index contributed by atoms with van der Waals surface area (Å²) in [5.74, 6) is 0. The molecule has 1 aromatic heterocycles. The van der Waals surface area contributed by atoms with Gasteiger partial charge in [0.25, 0.3) is 0 Å². The summed E-state index contributed by atoms with van der Waals surface area (Å²) in [5, 5.41) is 0.588. The molecule has 0 bridgehead atoms. The molecule has 1 heterocycles. The van der Waals surface area contributed by atoms with Crippen molar-refractivity contribution in [3.63, 3.8) is 0 Å². The van der Waals surface area contributed by atoms with Gasteiger partial charge in [0, 0.05) is 5.33 Å². The van der Waals surface area contributed by atoms with E-state index in [1.165, 1.54) is 18.2 Å². The van der Waals surface area contributed by atoms with Crippen LogP contribution in [0.4, 0.5) is 13.2 Å². The van der Waals surface area contributed by atoms with E-state index in [0.29, 0.717) is 11.0 Å². The topological polar surface area (TPSA) is 12.9 Å². The van der Waals surface area contributed by atoms with E-state index in [1.807, 2.05) is 0 Å². The summed E-state index contributed by atoms with van der Waals surface area (Å²) in [6, 6.07) is 3.81. The normalized spacial score (nSPS) is 12.3. The molecule has 0 radical (unpaired) electrons. The molecule has 0 spiro atoms. The van der Waals surface area contributed by atoms with Gasteiger partial charge in [0.05, 0.1) is 5.69 Å². The van der Waals surface area contributed by atoms with Crippen LogP contribution in [-0.2, 0) is 6.18 Å². The number of hydrogen-bond acceptors (Lipinski definition) is 1. The first-order chi connectivity index (χ1) is 6.54. The van der Waals surface area contributed by atoms with Crippen molar-refractivity contribution in [1.82, 2.24) is 4.98 Å². The Morgan fingerprint density at radius 2 is 2.07 bits per heavy atom. The molecular weight excluding hydrogens is 259 g/mol. The van der Waals surface area contributed by atoms with Crippen LogP contribution in [0.1, 0.15) is 11.4 Å². The zero-order chi connectivity index (χ0) is 10.6. The lowest BCUT2D eigenvalue weighted by Crippen LogP contribution is -2.07. The number of nitrogens with zero attached hydrogens (tertiary/aromatic N) is 1. The van der Waals surface area contributed by atoms with Crippen LogP contribution >= 0.6 is 15.9 Å². The SMILES string of the molecule is FC(F)(F)c1cccc(C=CCBr)n1. The largest absolute Gasteiger partial charge is 0.433 e. The summed E-state index contributed by atoms with van der Waals surface area (Å²) >= 11 is 3.13. The zero-order valence-electron chi connectivity index (χ0n) is 7.05. The van der Waals surface area contributed by atoms with Crippen molar-refractivity contribution < 1.29 is 13.2 Å². The third-order valence-electron chi connectivity index (χ3n) is 1.44. The molecule has 1 rings (SSSR count). The molecule has 0 aliphatic carbocycles. The fourth-order valence-electron chi connectivity index (χ4n) is 0.867. The highest BCUT2D eigenvalue weighted by atomic mass is 79.9. The van der Waals surface area contributed by atoms with E-state index in [9.17, 15) is 13.2 Å². The van der Waals surface area contributed by atoms with Crippen molar-refractivity contribution in [2.75, 3.05) is 5.33 Å². The van der Waals surface area contributed by atoms with Gasteiger partial charge in [0.1, 0.15) is 5.69 Å². The molecule has 0 unspecified atom stereocenters. The van der Waals surface area contributed by atoms with Crippen LogP contribution in [0.25, 0.3) is 6.08 Å². The summed E-state index contributed by atoms with van der Waals surface area (Å²) < 4.78 is 36.6. The lowest BCUT2D eigenvalue weighted by molar-refractivity contribution is -0.141. The average Bonchev–Trinajstić information content (AvgIpc) is 2.14. The number of hydrogen-bond donors (Lipinski definition) is 0. The van der Waals surface area contributed by atoms with E-state index >= 15 is 0 Å². The molecule has 76 valence electrons. The lowest BCUT2D eigenvalue weighted by atomic mass is 10.3. The highest BCUT2D eigenvalue weighted by Gasteiger charge is 2.32. The van der Waals surface area contributed by atoms with Gasteiger partial charge in [-0.1, -0.05) is 28.1 Å². The molecule has 0 saturated carbocycles. The average molecular weight is 266 g/mol. The van der Waals surface area contributed by atoms with Crippen molar-refractivity contribution >= 4 is 22.0 Å². The van der Waals surface area contributed by atoms with Gasteiger partial charge in [-0.25, -0.2) is 4.98 Å². The zero-order valence-corrected chi connectivity index (χ0v) is 8.64. The van der Waals surface area contributed by atoms with E-state index in [0.717, 1.165) is 6.07 Å². The minimum atomic E-state index is -4.38. The number of rotatable bonds is 2. The molecule has 5 heteroatoms. The Bertz CT molecular complexity index is 333. The van der Waals surface area contributed by atoms with Gasteiger partial charge in [0.15, 0.2) is 0 Å². The van der Waals surface area contributed by atoms with Gasteiger partial charge in [-0.05, 0) is 18.2 Å². The molecule has 0 aromatic carbocycles. The second-order valence-corrected chi connectivity index (χ2v) is 3.15. The van der Waals surface area contributed by atoms with Crippen molar-refractivity contribution in [3.05, 3.63) is 35.7 Å². The predicted molar refractivity (Wildman–Crippen MR) is 52.1 cm³/mol. The Morgan fingerprint density at radius 1 is 1.36 bits per heavy atom. The van der Waals surface area contributed by atoms with Gasteiger partial charge < -0.3 is 0 Å².